The highest BCUT2D eigenvalue weighted by molar-refractivity contribution is 7.99. The molecule has 6 nitrogen and oxygen atoms in total. The lowest BCUT2D eigenvalue weighted by Gasteiger charge is -2.06. The van der Waals surface area contributed by atoms with Crippen LogP contribution in [0.2, 0.25) is 0 Å². The maximum Gasteiger partial charge on any atom is 0.240 e. The van der Waals surface area contributed by atoms with E-state index in [9.17, 15) is 9.59 Å². The molecule has 2 amide bonds. The van der Waals surface area contributed by atoms with Crippen LogP contribution in [0.5, 0.6) is 0 Å². The van der Waals surface area contributed by atoms with Crippen molar-refractivity contribution in [2.45, 2.75) is 31.3 Å². The molecule has 1 heterocycles. The Morgan fingerprint density at radius 1 is 1.07 bits per heavy atom. The van der Waals surface area contributed by atoms with Crippen LogP contribution >= 0.6 is 11.8 Å². The smallest absolute Gasteiger partial charge is 0.240 e. The molecule has 0 bridgehead atoms. The number of fused-ring (bicyclic) bond motifs is 1. The number of nitrogens with one attached hydrogen (secondary N) is 2. The second-order valence-electron chi connectivity index (χ2n) is 6.45. The molecular weight excluding hydrogens is 386 g/mol. The van der Waals surface area contributed by atoms with Gasteiger partial charge in [0.1, 0.15) is 5.76 Å². The molecule has 29 heavy (non-hydrogen) atoms. The highest BCUT2D eigenvalue weighted by atomic mass is 32.2. The first-order chi connectivity index (χ1) is 14.1. The number of nitrogens with zero attached hydrogens (tertiary/aromatic N) is 1. The monoisotopic (exact) mass is 409 g/mol. The molecule has 0 aliphatic heterocycles. The second kappa shape index (κ2) is 10.5. The summed E-state index contributed by atoms with van der Waals surface area (Å²) < 4.78 is 5.59. The molecule has 0 spiro atoms. The van der Waals surface area contributed by atoms with E-state index in [1.165, 1.54) is 18.0 Å². The number of rotatable bonds is 9. The summed E-state index contributed by atoms with van der Waals surface area (Å²) >= 11 is 1.30. The Morgan fingerprint density at radius 3 is 2.72 bits per heavy atom. The first-order valence-electron chi connectivity index (χ1n) is 9.47. The number of carbonyl (C=O) groups is 2. The van der Waals surface area contributed by atoms with Crippen LogP contribution in [0, 0.1) is 0 Å². The number of furan rings is 1. The van der Waals surface area contributed by atoms with Gasteiger partial charge >= 0.3 is 0 Å². The quantitative estimate of drug-likeness (QED) is 0.302. The number of hydrogen-bond donors (Lipinski definition) is 2. The molecule has 0 aliphatic carbocycles. The minimum Gasteiger partial charge on any atom is -0.449 e. The Hall–Kier alpha value is -3.06. The van der Waals surface area contributed by atoms with E-state index in [1.807, 2.05) is 49.4 Å². The van der Waals surface area contributed by atoms with Crippen molar-refractivity contribution >= 4 is 46.3 Å². The zero-order chi connectivity index (χ0) is 20.5. The molecule has 0 aliphatic rings. The van der Waals surface area contributed by atoms with E-state index in [2.05, 4.69) is 15.8 Å². The minimum atomic E-state index is -0.116. The van der Waals surface area contributed by atoms with Gasteiger partial charge in [0.15, 0.2) is 5.09 Å². The van der Waals surface area contributed by atoms with Crippen LogP contribution in [0.15, 0.2) is 69.2 Å². The van der Waals surface area contributed by atoms with Crippen molar-refractivity contribution in [3.8, 4) is 0 Å². The summed E-state index contributed by atoms with van der Waals surface area (Å²) in [6, 6.07) is 17.3. The summed E-state index contributed by atoms with van der Waals surface area (Å²) in [5, 5.41) is 9.59. The number of hydrazone groups is 1. The van der Waals surface area contributed by atoms with Crippen LogP contribution in [0.3, 0.4) is 0 Å². The van der Waals surface area contributed by atoms with Crippen molar-refractivity contribution in [2.24, 2.45) is 5.10 Å². The molecule has 2 aromatic carbocycles. The average Bonchev–Trinajstić information content (AvgIpc) is 3.18. The fraction of sp³-hybridized carbons (Fsp3) is 0.227. The van der Waals surface area contributed by atoms with Gasteiger partial charge in [-0.05, 0) is 41.5 Å². The number of carbonyl (C=O) groups excluding carboxylic acids is 2. The lowest BCUT2D eigenvalue weighted by molar-refractivity contribution is -0.121. The second-order valence-corrected chi connectivity index (χ2v) is 7.43. The third-order valence-corrected chi connectivity index (χ3v) is 5.03. The van der Waals surface area contributed by atoms with Crippen molar-refractivity contribution in [1.82, 2.24) is 5.43 Å². The summed E-state index contributed by atoms with van der Waals surface area (Å²) in [5.74, 6) is 0.512. The molecule has 0 radical (unpaired) electrons. The van der Waals surface area contributed by atoms with E-state index in [-0.39, 0.29) is 17.6 Å². The van der Waals surface area contributed by atoms with Gasteiger partial charge in [0.2, 0.25) is 11.8 Å². The first-order valence-corrected chi connectivity index (χ1v) is 10.5. The molecule has 3 rings (SSSR count). The lowest BCUT2D eigenvalue weighted by Crippen LogP contribution is -2.16. The van der Waals surface area contributed by atoms with Gasteiger partial charge in [-0.25, -0.2) is 5.43 Å². The fourth-order valence-electron chi connectivity index (χ4n) is 2.64. The normalized spacial score (nSPS) is 11.1. The number of anilines is 1. The van der Waals surface area contributed by atoms with Crippen molar-refractivity contribution in [3.63, 3.8) is 0 Å². The van der Waals surface area contributed by atoms with Crippen molar-refractivity contribution < 1.29 is 14.0 Å². The van der Waals surface area contributed by atoms with Crippen LogP contribution in [0.1, 0.15) is 31.9 Å². The van der Waals surface area contributed by atoms with E-state index in [4.69, 9.17) is 4.42 Å². The van der Waals surface area contributed by atoms with Crippen LogP contribution in [0.4, 0.5) is 5.69 Å². The number of hydrogen-bond acceptors (Lipinski definition) is 5. The summed E-state index contributed by atoms with van der Waals surface area (Å²) in [4.78, 5) is 23.7. The average molecular weight is 410 g/mol. The van der Waals surface area contributed by atoms with E-state index in [0.717, 1.165) is 29.3 Å². The molecule has 0 fully saturated rings. The van der Waals surface area contributed by atoms with E-state index in [0.29, 0.717) is 17.3 Å². The summed E-state index contributed by atoms with van der Waals surface area (Å²) in [7, 11) is 0. The van der Waals surface area contributed by atoms with Gasteiger partial charge in [0.05, 0.1) is 12.0 Å². The minimum absolute atomic E-state index is 0.111. The number of unbranched alkanes of at least 4 members (excludes halogenated alkanes) is 1. The van der Waals surface area contributed by atoms with Gasteiger partial charge in [-0.3, -0.25) is 9.59 Å². The highest BCUT2D eigenvalue weighted by Gasteiger charge is 2.07. The molecule has 0 unspecified atom stereocenters. The van der Waals surface area contributed by atoms with Gasteiger partial charge in [0, 0.05) is 12.1 Å². The first kappa shape index (κ1) is 20.7. The van der Waals surface area contributed by atoms with E-state index >= 15 is 0 Å². The zero-order valence-electron chi connectivity index (χ0n) is 16.2. The fourth-order valence-corrected chi connectivity index (χ4v) is 3.31. The topological polar surface area (TPSA) is 83.7 Å². The van der Waals surface area contributed by atoms with Crippen LogP contribution in [-0.2, 0) is 9.59 Å². The van der Waals surface area contributed by atoms with Crippen molar-refractivity contribution in [3.05, 3.63) is 60.4 Å². The van der Waals surface area contributed by atoms with E-state index in [1.54, 1.807) is 12.1 Å². The van der Waals surface area contributed by atoms with Gasteiger partial charge in [-0.2, -0.15) is 5.10 Å². The molecule has 2 N–H and O–H groups in total. The third-order valence-electron chi connectivity index (χ3n) is 4.12. The molecule has 0 atom stereocenters. The lowest BCUT2D eigenvalue weighted by atomic mass is 10.1. The molecule has 3 aromatic rings. The largest absolute Gasteiger partial charge is 0.449 e. The summed E-state index contributed by atoms with van der Waals surface area (Å²) in [6.07, 6.45) is 3.71. The van der Waals surface area contributed by atoms with Gasteiger partial charge < -0.3 is 9.73 Å². The molecule has 1 aromatic heterocycles. The predicted octanol–water partition coefficient (Wildman–Crippen LogP) is 4.80. The third kappa shape index (κ3) is 6.50. The van der Waals surface area contributed by atoms with Crippen LogP contribution < -0.4 is 10.7 Å². The molecule has 0 saturated heterocycles. The molecular formula is C22H23N3O3S. The number of thioether (sulfide) groups is 1. The van der Waals surface area contributed by atoms with Crippen molar-refractivity contribution in [2.75, 3.05) is 11.1 Å². The van der Waals surface area contributed by atoms with E-state index < -0.39 is 0 Å². The Kier molecular flexibility index (Phi) is 7.47. The Balaban J connectivity index is 1.46. The SMILES string of the molecule is CCCCC(=O)N/N=C/c1ccc(SCC(=O)Nc2ccc3ccccc3c2)o1. The standard InChI is InChI=1S/C22H23N3O3S/c1-2-3-8-20(26)25-23-14-19-11-12-22(28-19)29-15-21(27)24-18-10-9-16-6-4-5-7-17(16)13-18/h4-7,9-14H,2-3,8,15H2,1H3,(H,24,27)(H,25,26)/b23-14+. The molecule has 150 valence electrons. The van der Waals surface area contributed by atoms with Crippen LogP contribution in [-0.4, -0.2) is 23.8 Å². The summed E-state index contributed by atoms with van der Waals surface area (Å²) in [6.45, 7) is 2.03. The highest BCUT2D eigenvalue weighted by Crippen LogP contribution is 2.22. The van der Waals surface area contributed by atoms with Crippen LogP contribution in [0.25, 0.3) is 10.8 Å². The Labute approximate surface area is 173 Å². The Morgan fingerprint density at radius 2 is 1.90 bits per heavy atom. The van der Waals surface area contributed by atoms with Gasteiger partial charge in [-0.1, -0.05) is 55.4 Å². The number of benzene rings is 2. The maximum absolute atomic E-state index is 12.2. The molecule has 7 heteroatoms. The van der Waals surface area contributed by atoms with Gasteiger partial charge in [0.25, 0.3) is 0 Å². The zero-order valence-corrected chi connectivity index (χ0v) is 17.0. The number of amides is 2. The van der Waals surface area contributed by atoms with Crippen molar-refractivity contribution in [1.29, 1.82) is 0 Å². The van der Waals surface area contributed by atoms with Gasteiger partial charge in [-0.15, -0.1) is 0 Å². The summed E-state index contributed by atoms with van der Waals surface area (Å²) in [5.41, 5.74) is 3.23. The molecule has 0 saturated carbocycles. The predicted molar refractivity (Wildman–Crippen MR) is 117 cm³/mol. The Bertz CT molecular complexity index is 1010. The maximum atomic E-state index is 12.2.